The van der Waals surface area contributed by atoms with Crippen LogP contribution in [0, 0.1) is 5.92 Å². The van der Waals surface area contributed by atoms with Crippen molar-refractivity contribution in [1.82, 2.24) is 14.9 Å². The second-order valence-corrected chi connectivity index (χ2v) is 7.92. The van der Waals surface area contributed by atoms with Crippen LogP contribution in [0.2, 0.25) is 5.02 Å². The fourth-order valence-corrected chi connectivity index (χ4v) is 2.90. The van der Waals surface area contributed by atoms with Crippen molar-refractivity contribution in [2.75, 3.05) is 7.05 Å². The molecule has 0 saturated heterocycles. The van der Waals surface area contributed by atoms with Crippen molar-refractivity contribution < 1.29 is 22.5 Å². The van der Waals surface area contributed by atoms with Crippen LogP contribution in [0.3, 0.4) is 0 Å². The highest BCUT2D eigenvalue weighted by molar-refractivity contribution is 7.89. The number of carbonyl (C=O) groups excluding carboxylic acids is 1. The number of rotatable bonds is 7. The fraction of sp³-hybridized carbons (Fsp3) is 0.400. The number of hydrogen-bond donors (Lipinski definition) is 1. The van der Waals surface area contributed by atoms with Gasteiger partial charge >= 0.3 is 5.97 Å². The zero-order valence-corrected chi connectivity index (χ0v) is 15.5. The molecular formula is C15H18ClN3O5S. The van der Waals surface area contributed by atoms with Gasteiger partial charge in [-0.15, -0.1) is 0 Å². The number of sulfonamides is 1. The Kier molecular flexibility index (Phi) is 6.15. The first-order chi connectivity index (χ1) is 11.7. The summed E-state index contributed by atoms with van der Waals surface area (Å²) >= 11 is 5.96. The van der Waals surface area contributed by atoms with Crippen molar-refractivity contribution in [3.63, 3.8) is 0 Å². The summed E-state index contributed by atoms with van der Waals surface area (Å²) < 4.78 is 35.9. The largest absolute Gasteiger partial charge is 0.452 e. The molecule has 0 aliphatic carbocycles. The molecule has 0 atom stereocenters. The average Bonchev–Trinajstić information content (AvgIpc) is 2.99. The van der Waals surface area contributed by atoms with Crippen LogP contribution in [0.15, 0.2) is 27.6 Å². The van der Waals surface area contributed by atoms with Gasteiger partial charge in [-0.3, -0.25) is 0 Å². The third-order valence-corrected chi connectivity index (χ3v) is 4.91. The predicted molar refractivity (Wildman–Crippen MR) is 89.7 cm³/mol. The molecule has 25 heavy (non-hydrogen) atoms. The number of halogens is 1. The maximum absolute atomic E-state index is 12.2. The number of hydrogen-bond acceptors (Lipinski definition) is 7. The SMILES string of the molecule is CNS(=O)(=O)c1ccc(Cl)c(C(=O)OCc2nc(CC(C)C)no2)c1. The molecule has 0 amide bonds. The molecule has 0 unspecified atom stereocenters. The normalized spacial score (nSPS) is 11.7. The molecule has 136 valence electrons. The molecular weight excluding hydrogens is 370 g/mol. The molecule has 10 heteroatoms. The van der Waals surface area contributed by atoms with Crippen molar-refractivity contribution >= 4 is 27.6 Å². The molecule has 0 radical (unpaired) electrons. The first-order valence-corrected chi connectivity index (χ1v) is 9.30. The zero-order valence-electron chi connectivity index (χ0n) is 13.9. The standard InChI is InChI=1S/C15H18ClN3O5S/c1-9(2)6-13-18-14(24-19-13)8-23-15(20)11-7-10(4-5-12(11)16)25(21,22)17-3/h4-5,7,9,17H,6,8H2,1-3H3. The maximum atomic E-state index is 12.2. The van der Waals surface area contributed by atoms with Gasteiger partial charge in [0.1, 0.15) is 0 Å². The summed E-state index contributed by atoms with van der Waals surface area (Å²) in [6.07, 6.45) is 0.646. The number of aromatic nitrogens is 2. The van der Waals surface area contributed by atoms with Gasteiger partial charge < -0.3 is 9.26 Å². The average molecular weight is 388 g/mol. The minimum absolute atomic E-state index is 0.0695. The molecule has 0 bridgehead atoms. The summed E-state index contributed by atoms with van der Waals surface area (Å²) in [5.41, 5.74) is -0.0695. The molecule has 0 spiro atoms. The van der Waals surface area contributed by atoms with Crippen LogP contribution in [0.4, 0.5) is 0 Å². The molecule has 1 aromatic heterocycles. The topological polar surface area (TPSA) is 111 Å². The van der Waals surface area contributed by atoms with E-state index < -0.39 is 16.0 Å². The Balaban J connectivity index is 2.10. The van der Waals surface area contributed by atoms with E-state index in [0.29, 0.717) is 18.2 Å². The van der Waals surface area contributed by atoms with Gasteiger partial charge in [0.2, 0.25) is 10.0 Å². The summed E-state index contributed by atoms with van der Waals surface area (Å²) in [7, 11) is -2.43. The van der Waals surface area contributed by atoms with Gasteiger partial charge in [0, 0.05) is 6.42 Å². The fourth-order valence-electron chi connectivity index (χ4n) is 1.95. The Morgan fingerprint density at radius 2 is 2.12 bits per heavy atom. The second-order valence-electron chi connectivity index (χ2n) is 5.63. The van der Waals surface area contributed by atoms with Crippen LogP contribution in [-0.4, -0.2) is 31.6 Å². The van der Waals surface area contributed by atoms with E-state index in [1.807, 2.05) is 13.8 Å². The minimum atomic E-state index is -3.70. The van der Waals surface area contributed by atoms with E-state index in [0.717, 1.165) is 6.07 Å². The van der Waals surface area contributed by atoms with Gasteiger partial charge in [-0.2, -0.15) is 4.98 Å². The number of ether oxygens (including phenoxy) is 1. The molecule has 8 nitrogen and oxygen atoms in total. The molecule has 1 heterocycles. The Morgan fingerprint density at radius 3 is 2.76 bits per heavy atom. The number of esters is 1. The third-order valence-electron chi connectivity index (χ3n) is 3.16. The van der Waals surface area contributed by atoms with E-state index in [9.17, 15) is 13.2 Å². The monoisotopic (exact) mass is 387 g/mol. The minimum Gasteiger partial charge on any atom is -0.452 e. The maximum Gasteiger partial charge on any atom is 0.340 e. The van der Waals surface area contributed by atoms with Crippen LogP contribution in [0.25, 0.3) is 0 Å². The van der Waals surface area contributed by atoms with E-state index in [1.165, 1.54) is 19.2 Å². The van der Waals surface area contributed by atoms with Crippen molar-refractivity contribution in [3.05, 3.63) is 40.5 Å². The summed E-state index contributed by atoms with van der Waals surface area (Å²) in [5, 5.41) is 3.87. The number of benzene rings is 1. The van der Waals surface area contributed by atoms with Gasteiger partial charge in [0.15, 0.2) is 12.4 Å². The lowest BCUT2D eigenvalue weighted by Crippen LogP contribution is -2.19. The van der Waals surface area contributed by atoms with Crippen molar-refractivity contribution in [3.8, 4) is 0 Å². The van der Waals surface area contributed by atoms with Crippen LogP contribution in [0.1, 0.15) is 35.9 Å². The lowest BCUT2D eigenvalue weighted by molar-refractivity contribution is 0.0429. The van der Waals surface area contributed by atoms with Crippen LogP contribution in [0.5, 0.6) is 0 Å². The smallest absolute Gasteiger partial charge is 0.340 e. The number of nitrogens with one attached hydrogen (secondary N) is 1. The van der Waals surface area contributed by atoms with E-state index in [-0.39, 0.29) is 28.0 Å². The third kappa shape index (κ3) is 5.00. The summed E-state index contributed by atoms with van der Waals surface area (Å²) in [5.74, 6) is 0.255. The zero-order chi connectivity index (χ0) is 18.6. The Hall–Kier alpha value is -1.97. The van der Waals surface area contributed by atoms with Crippen molar-refractivity contribution in [2.24, 2.45) is 5.92 Å². The first kappa shape index (κ1) is 19.4. The Labute approximate surface area is 150 Å². The van der Waals surface area contributed by atoms with Gasteiger partial charge in [0.05, 0.1) is 15.5 Å². The van der Waals surface area contributed by atoms with Crippen LogP contribution in [-0.2, 0) is 27.8 Å². The predicted octanol–water partition coefficient (Wildman–Crippen LogP) is 2.19. The molecule has 2 aromatic rings. The molecule has 0 fully saturated rings. The van der Waals surface area contributed by atoms with E-state index in [2.05, 4.69) is 14.9 Å². The summed E-state index contributed by atoms with van der Waals surface area (Å²) in [6, 6.07) is 3.76. The van der Waals surface area contributed by atoms with Gasteiger partial charge in [0.25, 0.3) is 5.89 Å². The summed E-state index contributed by atoms with van der Waals surface area (Å²) in [4.78, 5) is 16.2. The number of nitrogens with zero attached hydrogens (tertiary/aromatic N) is 2. The lowest BCUT2D eigenvalue weighted by atomic mass is 10.1. The molecule has 1 aromatic carbocycles. The quantitative estimate of drug-likeness (QED) is 0.724. The Bertz CT molecular complexity index is 864. The van der Waals surface area contributed by atoms with Gasteiger partial charge in [-0.05, 0) is 31.2 Å². The van der Waals surface area contributed by atoms with E-state index in [4.69, 9.17) is 20.9 Å². The van der Waals surface area contributed by atoms with E-state index >= 15 is 0 Å². The van der Waals surface area contributed by atoms with Gasteiger partial charge in [-0.25, -0.2) is 17.9 Å². The Morgan fingerprint density at radius 1 is 1.40 bits per heavy atom. The number of carbonyl (C=O) groups is 1. The first-order valence-electron chi connectivity index (χ1n) is 7.44. The molecule has 2 rings (SSSR count). The summed E-state index contributed by atoms with van der Waals surface area (Å²) in [6.45, 7) is 3.80. The molecule has 1 N–H and O–H groups in total. The van der Waals surface area contributed by atoms with E-state index in [1.54, 1.807) is 0 Å². The second kappa shape index (κ2) is 7.94. The van der Waals surface area contributed by atoms with Crippen LogP contribution >= 0.6 is 11.6 Å². The van der Waals surface area contributed by atoms with Crippen molar-refractivity contribution in [1.29, 1.82) is 0 Å². The molecule has 0 saturated carbocycles. The highest BCUT2D eigenvalue weighted by atomic mass is 35.5. The molecule has 0 aliphatic heterocycles. The van der Waals surface area contributed by atoms with Gasteiger partial charge in [-0.1, -0.05) is 30.6 Å². The lowest BCUT2D eigenvalue weighted by Gasteiger charge is -2.07. The van der Waals surface area contributed by atoms with Crippen molar-refractivity contribution in [2.45, 2.75) is 31.8 Å². The van der Waals surface area contributed by atoms with Crippen LogP contribution < -0.4 is 4.72 Å². The highest BCUT2D eigenvalue weighted by Crippen LogP contribution is 2.21. The molecule has 0 aliphatic rings. The highest BCUT2D eigenvalue weighted by Gasteiger charge is 2.19.